The summed E-state index contributed by atoms with van der Waals surface area (Å²) in [7, 11) is 1.19. The number of nitrogens with two attached hydrogens (primary N) is 1. The number of halogens is 3. The van der Waals surface area contributed by atoms with Gasteiger partial charge in [0.2, 0.25) is 0 Å². The minimum atomic E-state index is -4.42. The molecule has 0 aliphatic carbocycles. The molecule has 0 aliphatic heterocycles. The van der Waals surface area contributed by atoms with E-state index in [0.29, 0.717) is 10.1 Å². The Morgan fingerprint density at radius 3 is 2.61 bits per heavy atom. The summed E-state index contributed by atoms with van der Waals surface area (Å²) in [6.07, 6.45) is -4.42. The predicted octanol–water partition coefficient (Wildman–Crippen LogP) is 3.29. The first-order valence-corrected chi connectivity index (χ1v) is 5.63. The van der Waals surface area contributed by atoms with E-state index in [-0.39, 0.29) is 10.6 Å². The minimum absolute atomic E-state index is 0.117. The lowest BCUT2D eigenvalue weighted by atomic mass is 10.1. The maximum absolute atomic E-state index is 12.5. The number of ether oxygens (including phenoxy) is 1. The molecule has 0 unspecified atom stereocenters. The molecule has 96 valence electrons. The Kier molecular flexibility index (Phi) is 2.94. The Labute approximate surface area is 104 Å². The standard InChI is InChI=1S/C11H8F3NO2S/c1-17-10(16)8-6-3-2-5(11(12,13)14)4-7(6)18-9(8)15/h2-4H,15H2,1H3. The molecule has 7 heteroatoms. The zero-order valence-corrected chi connectivity index (χ0v) is 9.98. The highest BCUT2D eigenvalue weighted by Crippen LogP contribution is 2.38. The van der Waals surface area contributed by atoms with E-state index in [1.54, 1.807) is 0 Å². The lowest BCUT2D eigenvalue weighted by Gasteiger charge is -2.06. The number of carbonyl (C=O) groups excluding carboxylic acids is 1. The highest BCUT2D eigenvalue weighted by molar-refractivity contribution is 7.23. The smallest absolute Gasteiger partial charge is 0.416 e. The highest BCUT2D eigenvalue weighted by atomic mass is 32.1. The largest absolute Gasteiger partial charge is 0.465 e. The zero-order chi connectivity index (χ0) is 13.5. The van der Waals surface area contributed by atoms with Crippen LogP contribution < -0.4 is 5.73 Å². The van der Waals surface area contributed by atoms with Crippen molar-refractivity contribution in [3.8, 4) is 0 Å². The Bertz CT molecular complexity index is 619. The van der Waals surface area contributed by atoms with Gasteiger partial charge in [0.25, 0.3) is 0 Å². The molecule has 2 aromatic rings. The van der Waals surface area contributed by atoms with Crippen LogP contribution in [0.1, 0.15) is 15.9 Å². The van der Waals surface area contributed by atoms with Crippen LogP contribution in [0, 0.1) is 0 Å². The predicted molar refractivity (Wildman–Crippen MR) is 62.6 cm³/mol. The fraction of sp³-hybridized carbons (Fsp3) is 0.182. The number of anilines is 1. The molecule has 1 aromatic carbocycles. The highest BCUT2D eigenvalue weighted by Gasteiger charge is 2.31. The fourth-order valence-corrected chi connectivity index (χ4v) is 2.60. The molecule has 2 rings (SSSR count). The quantitative estimate of drug-likeness (QED) is 0.812. The number of rotatable bonds is 1. The Morgan fingerprint density at radius 2 is 2.06 bits per heavy atom. The molecule has 0 aliphatic rings. The van der Waals surface area contributed by atoms with Gasteiger partial charge in [-0.05, 0) is 12.1 Å². The average molecular weight is 275 g/mol. The van der Waals surface area contributed by atoms with Crippen LogP contribution >= 0.6 is 11.3 Å². The van der Waals surface area contributed by atoms with Crippen molar-refractivity contribution in [3.63, 3.8) is 0 Å². The van der Waals surface area contributed by atoms with Crippen molar-refractivity contribution < 1.29 is 22.7 Å². The van der Waals surface area contributed by atoms with Gasteiger partial charge in [0.1, 0.15) is 10.6 Å². The van der Waals surface area contributed by atoms with Gasteiger partial charge in [0, 0.05) is 10.1 Å². The van der Waals surface area contributed by atoms with Gasteiger partial charge in [-0.1, -0.05) is 6.07 Å². The first-order valence-electron chi connectivity index (χ1n) is 4.82. The van der Waals surface area contributed by atoms with Crippen molar-refractivity contribution in [2.75, 3.05) is 12.8 Å². The number of fused-ring (bicyclic) bond motifs is 1. The minimum Gasteiger partial charge on any atom is -0.465 e. The van der Waals surface area contributed by atoms with Gasteiger partial charge in [-0.3, -0.25) is 0 Å². The summed E-state index contributed by atoms with van der Waals surface area (Å²) in [5.74, 6) is -0.654. The van der Waals surface area contributed by atoms with Crippen LogP contribution in [-0.4, -0.2) is 13.1 Å². The molecule has 18 heavy (non-hydrogen) atoms. The van der Waals surface area contributed by atoms with E-state index in [2.05, 4.69) is 4.74 Å². The van der Waals surface area contributed by atoms with E-state index in [1.807, 2.05) is 0 Å². The summed E-state index contributed by atoms with van der Waals surface area (Å²) in [5.41, 5.74) is 4.97. The van der Waals surface area contributed by atoms with E-state index in [1.165, 1.54) is 13.2 Å². The van der Waals surface area contributed by atoms with Gasteiger partial charge >= 0.3 is 12.1 Å². The number of thiophene rings is 1. The second-order valence-electron chi connectivity index (χ2n) is 3.54. The van der Waals surface area contributed by atoms with Crippen molar-refractivity contribution in [1.29, 1.82) is 0 Å². The Balaban J connectivity index is 2.65. The Morgan fingerprint density at radius 1 is 1.39 bits per heavy atom. The van der Waals surface area contributed by atoms with Crippen molar-refractivity contribution in [3.05, 3.63) is 29.3 Å². The van der Waals surface area contributed by atoms with E-state index in [4.69, 9.17) is 5.73 Å². The maximum atomic E-state index is 12.5. The third-order valence-electron chi connectivity index (χ3n) is 2.43. The Hall–Kier alpha value is -1.76. The molecule has 0 spiro atoms. The number of hydrogen-bond acceptors (Lipinski definition) is 4. The molecule has 0 saturated carbocycles. The number of esters is 1. The summed E-state index contributed by atoms with van der Waals surface area (Å²) < 4.78 is 42.4. The third kappa shape index (κ3) is 2.01. The van der Waals surface area contributed by atoms with Gasteiger partial charge in [-0.15, -0.1) is 11.3 Å². The van der Waals surface area contributed by atoms with Gasteiger partial charge in [0.05, 0.1) is 12.7 Å². The lowest BCUT2D eigenvalue weighted by Crippen LogP contribution is -2.05. The SMILES string of the molecule is COC(=O)c1c(N)sc2cc(C(F)(F)F)ccc12. The van der Waals surface area contributed by atoms with E-state index < -0.39 is 17.7 Å². The lowest BCUT2D eigenvalue weighted by molar-refractivity contribution is -0.137. The molecule has 0 atom stereocenters. The monoisotopic (exact) mass is 275 g/mol. The number of benzene rings is 1. The van der Waals surface area contributed by atoms with Crippen LogP contribution in [-0.2, 0) is 10.9 Å². The van der Waals surface area contributed by atoms with Crippen LogP contribution in [0.2, 0.25) is 0 Å². The summed E-state index contributed by atoms with van der Waals surface area (Å²) in [5, 5.41) is 0.522. The second-order valence-corrected chi connectivity index (χ2v) is 4.63. The molecule has 2 N–H and O–H groups in total. The molecule has 0 radical (unpaired) electrons. The molecule has 0 amide bonds. The molecular formula is C11H8F3NO2S. The molecule has 0 saturated heterocycles. The number of hydrogen-bond donors (Lipinski definition) is 1. The number of carbonyl (C=O) groups is 1. The molecule has 0 bridgehead atoms. The molecule has 1 aromatic heterocycles. The molecule has 0 fully saturated rings. The van der Waals surface area contributed by atoms with Crippen LogP contribution in [0.25, 0.3) is 10.1 Å². The van der Waals surface area contributed by atoms with Gasteiger partial charge < -0.3 is 10.5 Å². The summed E-state index contributed by atoms with van der Waals surface area (Å²) in [6.45, 7) is 0. The van der Waals surface area contributed by atoms with Crippen molar-refractivity contribution in [1.82, 2.24) is 0 Å². The topological polar surface area (TPSA) is 52.3 Å². The number of methoxy groups -OCH3 is 1. The van der Waals surface area contributed by atoms with Crippen molar-refractivity contribution in [2.24, 2.45) is 0 Å². The second kappa shape index (κ2) is 4.16. The van der Waals surface area contributed by atoms with Crippen LogP contribution in [0.15, 0.2) is 18.2 Å². The maximum Gasteiger partial charge on any atom is 0.416 e. The summed E-state index contributed by atoms with van der Waals surface area (Å²) in [4.78, 5) is 11.5. The van der Waals surface area contributed by atoms with Crippen LogP contribution in [0.4, 0.5) is 18.2 Å². The first-order chi connectivity index (χ1) is 8.34. The van der Waals surface area contributed by atoms with Crippen LogP contribution in [0.3, 0.4) is 0 Å². The van der Waals surface area contributed by atoms with Crippen LogP contribution in [0.5, 0.6) is 0 Å². The van der Waals surface area contributed by atoms with Gasteiger partial charge in [0.15, 0.2) is 0 Å². The number of alkyl halides is 3. The fourth-order valence-electron chi connectivity index (χ4n) is 1.60. The first kappa shape index (κ1) is 12.7. The van der Waals surface area contributed by atoms with E-state index in [9.17, 15) is 18.0 Å². The average Bonchev–Trinajstić information content (AvgIpc) is 2.61. The molecule has 3 nitrogen and oxygen atoms in total. The van der Waals surface area contributed by atoms with Gasteiger partial charge in [-0.2, -0.15) is 13.2 Å². The summed E-state index contributed by atoms with van der Waals surface area (Å²) >= 11 is 0.930. The molecular weight excluding hydrogens is 267 g/mol. The van der Waals surface area contributed by atoms with Crippen molar-refractivity contribution in [2.45, 2.75) is 6.18 Å². The van der Waals surface area contributed by atoms with Gasteiger partial charge in [-0.25, -0.2) is 4.79 Å². The third-order valence-corrected chi connectivity index (χ3v) is 3.42. The van der Waals surface area contributed by atoms with E-state index >= 15 is 0 Å². The zero-order valence-electron chi connectivity index (χ0n) is 9.17. The molecule has 1 heterocycles. The van der Waals surface area contributed by atoms with Crippen molar-refractivity contribution >= 4 is 32.4 Å². The summed E-state index contributed by atoms with van der Waals surface area (Å²) in [6, 6.07) is 3.13. The normalized spacial score (nSPS) is 11.8. The number of nitrogen functional groups attached to an aromatic ring is 1. The van der Waals surface area contributed by atoms with E-state index in [0.717, 1.165) is 23.5 Å².